The lowest BCUT2D eigenvalue weighted by Gasteiger charge is -2.43. The standard InChI is InChI=1S/C23H30N2O5/c1-21(2,3)25-19(27)23(30-20(25)28)9-13-24(14-10-23)18(26)22(11-15-29-16-12-22)17-7-5-4-6-8-17/h4-8H,9-16H2,1-3H3. The smallest absolute Gasteiger partial charge is 0.418 e. The number of nitrogens with zero attached hydrogens (tertiary/aromatic N) is 2. The molecule has 4 rings (SSSR count). The Labute approximate surface area is 177 Å². The van der Waals surface area contributed by atoms with E-state index in [4.69, 9.17) is 9.47 Å². The molecule has 0 aliphatic carbocycles. The first-order valence-corrected chi connectivity index (χ1v) is 10.7. The van der Waals surface area contributed by atoms with Crippen LogP contribution < -0.4 is 0 Å². The van der Waals surface area contributed by atoms with E-state index in [9.17, 15) is 14.4 Å². The highest BCUT2D eigenvalue weighted by atomic mass is 16.6. The quantitative estimate of drug-likeness (QED) is 0.744. The molecule has 3 fully saturated rings. The van der Waals surface area contributed by atoms with Gasteiger partial charge >= 0.3 is 6.09 Å². The van der Waals surface area contributed by atoms with Crippen molar-refractivity contribution in [2.45, 2.75) is 63.0 Å². The van der Waals surface area contributed by atoms with Crippen LogP contribution in [0, 0.1) is 0 Å². The summed E-state index contributed by atoms with van der Waals surface area (Å²) in [5.74, 6) is -0.202. The van der Waals surface area contributed by atoms with E-state index in [0.717, 1.165) is 5.56 Å². The van der Waals surface area contributed by atoms with Crippen molar-refractivity contribution in [2.75, 3.05) is 26.3 Å². The highest BCUT2D eigenvalue weighted by molar-refractivity contribution is 6.04. The second kappa shape index (κ2) is 7.38. The van der Waals surface area contributed by atoms with Gasteiger partial charge in [0.25, 0.3) is 5.91 Å². The molecule has 0 atom stereocenters. The normalized spacial score (nSPS) is 23.6. The third kappa shape index (κ3) is 3.29. The number of rotatable bonds is 2. The lowest BCUT2D eigenvalue weighted by atomic mass is 9.72. The second-order valence-electron chi connectivity index (χ2n) is 9.53. The predicted molar refractivity (Wildman–Crippen MR) is 110 cm³/mol. The predicted octanol–water partition coefficient (Wildman–Crippen LogP) is 2.87. The number of benzene rings is 1. The Morgan fingerprint density at radius 1 is 0.967 bits per heavy atom. The Morgan fingerprint density at radius 2 is 1.57 bits per heavy atom. The molecular weight excluding hydrogens is 384 g/mol. The fraction of sp³-hybridized carbons (Fsp3) is 0.609. The molecule has 7 heteroatoms. The fourth-order valence-electron chi connectivity index (χ4n) is 4.91. The van der Waals surface area contributed by atoms with E-state index in [1.165, 1.54) is 4.90 Å². The summed E-state index contributed by atoms with van der Waals surface area (Å²) in [6.07, 6.45) is 1.36. The maximum atomic E-state index is 13.7. The number of carbonyl (C=O) groups excluding carboxylic acids is 3. The lowest BCUT2D eigenvalue weighted by molar-refractivity contribution is -0.151. The minimum Gasteiger partial charge on any atom is -0.432 e. The van der Waals surface area contributed by atoms with Gasteiger partial charge in [0.2, 0.25) is 5.91 Å². The van der Waals surface area contributed by atoms with Crippen LogP contribution in [0.3, 0.4) is 0 Å². The molecule has 30 heavy (non-hydrogen) atoms. The van der Waals surface area contributed by atoms with Crippen LogP contribution in [-0.2, 0) is 24.5 Å². The molecule has 0 radical (unpaired) electrons. The number of carbonyl (C=O) groups is 3. The Morgan fingerprint density at radius 3 is 2.10 bits per heavy atom. The van der Waals surface area contributed by atoms with Gasteiger partial charge in [-0.3, -0.25) is 9.59 Å². The van der Waals surface area contributed by atoms with Crippen molar-refractivity contribution >= 4 is 17.9 Å². The highest BCUT2D eigenvalue weighted by Gasteiger charge is 2.58. The number of likely N-dealkylation sites (tertiary alicyclic amines) is 1. The van der Waals surface area contributed by atoms with Gasteiger partial charge in [0, 0.05) is 44.7 Å². The third-order valence-corrected chi connectivity index (χ3v) is 6.67. The molecule has 3 heterocycles. The van der Waals surface area contributed by atoms with Crippen LogP contribution in [0.4, 0.5) is 4.79 Å². The molecule has 7 nitrogen and oxygen atoms in total. The van der Waals surface area contributed by atoms with E-state index < -0.39 is 22.6 Å². The van der Waals surface area contributed by atoms with Crippen molar-refractivity contribution in [3.63, 3.8) is 0 Å². The molecule has 0 N–H and O–H groups in total. The molecule has 0 saturated carbocycles. The van der Waals surface area contributed by atoms with Crippen LogP contribution in [0.2, 0.25) is 0 Å². The van der Waals surface area contributed by atoms with Crippen molar-refractivity contribution in [1.29, 1.82) is 0 Å². The molecule has 1 aromatic carbocycles. The van der Waals surface area contributed by atoms with Crippen LogP contribution in [0.1, 0.15) is 52.0 Å². The Bertz CT molecular complexity index is 831. The molecule has 1 spiro atoms. The van der Waals surface area contributed by atoms with Gasteiger partial charge in [0.15, 0.2) is 5.60 Å². The van der Waals surface area contributed by atoms with Crippen LogP contribution in [0.5, 0.6) is 0 Å². The Kier molecular flexibility index (Phi) is 5.12. The van der Waals surface area contributed by atoms with Gasteiger partial charge in [-0.15, -0.1) is 0 Å². The van der Waals surface area contributed by atoms with Gasteiger partial charge in [-0.05, 0) is 39.2 Å². The average molecular weight is 415 g/mol. The van der Waals surface area contributed by atoms with E-state index in [1.807, 2.05) is 56.0 Å². The van der Waals surface area contributed by atoms with Gasteiger partial charge in [0.1, 0.15) is 0 Å². The minimum absolute atomic E-state index is 0.0799. The van der Waals surface area contributed by atoms with Crippen molar-refractivity contribution in [1.82, 2.24) is 9.80 Å². The van der Waals surface area contributed by atoms with E-state index in [0.29, 0.717) is 52.0 Å². The first kappa shape index (κ1) is 20.8. The maximum absolute atomic E-state index is 13.7. The summed E-state index contributed by atoms with van der Waals surface area (Å²) in [6, 6.07) is 9.90. The monoisotopic (exact) mass is 414 g/mol. The van der Waals surface area contributed by atoms with Gasteiger partial charge < -0.3 is 14.4 Å². The van der Waals surface area contributed by atoms with Crippen molar-refractivity contribution < 1.29 is 23.9 Å². The van der Waals surface area contributed by atoms with Crippen molar-refractivity contribution in [2.24, 2.45) is 0 Å². The van der Waals surface area contributed by atoms with Gasteiger partial charge in [-0.25, -0.2) is 9.69 Å². The topological polar surface area (TPSA) is 76.2 Å². The van der Waals surface area contributed by atoms with Crippen molar-refractivity contribution in [3.8, 4) is 0 Å². The molecular formula is C23H30N2O5. The lowest BCUT2D eigenvalue weighted by Crippen LogP contribution is -2.57. The van der Waals surface area contributed by atoms with Crippen LogP contribution in [0.15, 0.2) is 30.3 Å². The third-order valence-electron chi connectivity index (χ3n) is 6.67. The first-order valence-electron chi connectivity index (χ1n) is 10.7. The summed E-state index contributed by atoms with van der Waals surface area (Å²) in [7, 11) is 0. The summed E-state index contributed by atoms with van der Waals surface area (Å²) in [4.78, 5) is 42.2. The summed E-state index contributed by atoms with van der Waals surface area (Å²) in [6.45, 7) is 7.34. The molecule has 0 bridgehead atoms. The molecule has 162 valence electrons. The van der Waals surface area contributed by atoms with E-state index in [1.54, 1.807) is 0 Å². The molecule has 1 aromatic rings. The molecule has 3 aliphatic heterocycles. The number of hydrogen-bond donors (Lipinski definition) is 0. The number of hydrogen-bond acceptors (Lipinski definition) is 5. The summed E-state index contributed by atoms with van der Waals surface area (Å²) >= 11 is 0. The highest BCUT2D eigenvalue weighted by Crippen LogP contribution is 2.41. The Hall–Kier alpha value is -2.41. The summed E-state index contributed by atoms with van der Waals surface area (Å²) in [5, 5.41) is 0. The van der Waals surface area contributed by atoms with Crippen LogP contribution in [0.25, 0.3) is 0 Å². The number of amides is 3. The fourth-order valence-corrected chi connectivity index (χ4v) is 4.91. The molecule has 3 aliphatic rings. The van der Waals surface area contributed by atoms with E-state index >= 15 is 0 Å². The Balaban J connectivity index is 1.53. The van der Waals surface area contributed by atoms with Gasteiger partial charge in [-0.1, -0.05) is 30.3 Å². The number of ether oxygens (including phenoxy) is 2. The second-order valence-corrected chi connectivity index (χ2v) is 9.53. The minimum atomic E-state index is -1.14. The van der Waals surface area contributed by atoms with Gasteiger partial charge in [-0.2, -0.15) is 0 Å². The molecule has 3 saturated heterocycles. The number of piperidine rings is 1. The SMILES string of the molecule is CC(C)(C)N1C(=O)OC2(CCN(C(=O)C3(c4ccccc4)CCOCC3)CC2)C1=O. The van der Waals surface area contributed by atoms with Gasteiger partial charge in [0.05, 0.1) is 5.41 Å². The summed E-state index contributed by atoms with van der Waals surface area (Å²) < 4.78 is 11.2. The molecule has 0 aromatic heterocycles. The zero-order valence-corrected chi connectivity index (χ0v) is 18.0. The maximum Gasteiger partial charge on any atom is 0.418 e. The van der Waals surface area contributed by atoms with E-state index in [-0.39, 0.29) is 11.8 Å². The first-order chi connectivity index (χ1) is 14.2. The summed E-state index contributed by atoms with van der Waals surface area (Å²) in [5.41, 5.74) is -1.36. The van der Waals surface area contributed by atoms with Crippen LogP contribution >= 0.6 is 0 Å². The molecule has 0 unspecified atom stereocenters. The van der Waals surface area contributed by atoms with Crippen molar-refractivity contribution in [3.05, 3.63) is 35.9 Å². The molecule has 3 amide bonds. The van der Waals surface area contributed by atoms with E-state index in [2.05, 4.69) is 0 Å². The largest absolute Gasteiger partial charge is 0.432 e. The zero-order valence-electron chi connectivity index (χ0n) is 18.0. The van der Waals surface area contributed by atoms with Crippen LogP contribution in [-0.4, -0.2) is 65.2 Å². The number of imide groups is 1. The average Bonchev–Trinajstić information content (AvgIpc) is 2.98. The zero-order chi connectivity index (χ0) is 21.6.